The van der Waals surface area contributed by atoms with Gasteiger partial charge in [0.1, 0.15) is 17.3 Å². The van der Waals surface area contributed by atoms with Crippen molar-refractivity contribution < 1.29 is 13.6 Å². The number of benzene rings is 1. The number of pyridine rings is 1. The van der Waals surface area contributed by atoms with Gasteiger partial charge in [-0.3, -0.25) is 9.78 Å². The number of nitrogens with zero attached hydrogens (tertiary/aromatic N) is 1. The Labute approximate surface area is 108 Å². The van der Waals surface area contributed by atoms with Crippen LogP contribution in [-0.4, -0.2) is 10.9 Å². The third-order valence-corrected chi connectivity index (χ3v) is 2.50. The van der Waals surface area contributed by atoms with Gasteiger partial charge in [-0.05, 0) is 31.2 Å². The van der Waals surface area contributed by atoms with E-state index in [9.17, 15) is 13.6 Å². The highest BCUT2D eigenvalue weighted by atomic mass is 19.1. The summed E-state index contributed by atoms with van der Waals surface area (Å²) in [4.78, 5) is 15.8. The van der Waals surface area contributed by atoms with Gasteiger partial charge in [0.2, 0.25) is 0 Å². The van der Waals surface area contributed by atoms with E-state index in [-0.39, 0.29) is 5.56 Å². The van der Waals surface area contributed by atoms with E-state index in [1.54, 1.807) is 19.1 Å². The van der Waals surface area contributed by atoms with E-state index < -0.39 is 23.2 Å². The minimum atomic E-state index is -0.962. The molecule has 98 valence electrons. The number of nitrogens with two attached hydrogens (primary N) is 1. The van der Waals surface area contributed by atoms with Crippen molar-refractivity contribution in [2.24, 2.45) is 0 Å². The van der Waals surface area contributed by atoms with Crippen LogP contribution in [0.1, 0.15) is 16.1 Å². The van der Waals surface area contributed by atoms with E-state index in [2.05, 4.69) is 10.3 Å². The topological polar surface area (TPSA) is 68.0 Å². The van der Waals surface area contributed by atoms with Crippen LogP contribution in [0.3, 0.4) is 0 Å². The molecule has 19 heavy (non-hydrogen) atoms. The summed E-state index contributed by atoms with van der Waals surface area (Å²) in [6, 6.07) is 5.00. The third kappa shape index (κ3) is 2.85. The van der Waals surface area contributed by atoms with Crippen molar-refractivity contribution in [2.75, 3.05) is 11.1 Å². The lowest BCUT2D eigenvalue weighted by Crippen LogP contribution is -2.13. The van der Waals surface area contributed by atoms with Gasteiger partial charge in [0.05, 0.1) is 0 Å². The lowest BCUT2D eigenvalue weighted by Gasteiger charge is -2.07. The summed E-state index contributed by atoms with van der Waals surface area (Å²) >= 11 is 0. The summed E-state index contributed by atoms with van der Waals surface area (Å²) < 4.78 is 26.5. The predicted molar refractivity (Wildman–Crippen MR) is 67.7 cm³/mol. The van der Waals surface area contributed by atoms with Gasteiger partial charge in [-0.2, -0.15) is 0 Å². The molecule has 0 saturated carbocycles. The minimum Gasteiger partial charge on any atom is -0.394 e. The zero-order valence-electron chi connectivity index (χ0n) is 10.1. The number of hydrogen-bond acceptors (Lipinski definition) is 3. The maximum Gasteiger partial charge on any atom is 0.255 e. The highest BCUT2D eigenvalue weighted by molar-refractivity contribution is 6.04. The van der Waals surface area contributed by atoms with Crippen molar-refractivity contribution in [1.29, 1.82) is 0 Å². The number of amides is 1. The van der Waals surface area contributed by atoms with E-state index in [0.717, 1.165) is 12.1 Å². The summed E-state index contributed by atoms with van der Waals surface area (Å²) in [7, 11) is 0. The van der Waals surface area contributed by atoms with Gasteiger partial charge < -0.3 is 11.1 Å². The Morgan fingerprint density at radius 2 is 1.89 bits per heavy atom. The third-order valence-electron chi connectivity index (χ3n) is 2.50. The molecule has 0 saturated heterocycles. The number of rotatable bonds is 2. The Balaban J connectivity index is 2.25. The quantitative estimate of drug-likeness (QED) is 0.818. The number of aromatic nitrogens is 1. The summed E-state index contributed by atoms with van der Waals surface area (Å²) in [5.74, 6) is -2.55. The van der Waals surface area contributed by atoms with E-state index in [1.165, 1.54) is 6.20 Å². The van der Waals surface area contributed by atoms with Crippen LogP contribution in [0, 0.1) is 18.6 Å². The molecule has 0 spiro atoms. The standard InChI is InChI=1S/C13H11F2N3O/c1-7-4-9(2-3-17-7)18-13(19)8-5-10(14)12(16)11(15)6-8/h2-6H,16H2,1H3,(H,17,18,19). The summed E-state index contributed by atoms with van der Waals surface area (Å²) in [5, 5.41) is 2.52. The molecule has 1 aromatic carbocycles. The first-order valence-corrected chi connectivity index (χ1v) is 5.46. The predicted octanol–water partition coefficient (Wildman–Crippen LogP) is 2.50. The van der Waals surface area contributed by atoms with Gasteiger partial charge in [-0.1, -0.05) is 0 Å². The van der Waals surface area contributed by atoms with E-state index in [1.807, 2.05) is 0 Å². The molecule has 0 aliphatic rings. The van der Waals surface area contributed by atoms with Crippen LogP contribution in [0.25, 0.3) is 0 Å². The molecular formula is C13H11F2N3O. The van der Waals surface area contributed by atoms with Crippen LogP contribution in [0.2, 0.25) is 0 Å². The van der Waals surface area contributed by atoms with Crippen molar-refractivity contribution in [2.45, 2.75) is 6.92 Å². The van der Waals surface area contributed by atoms with Crippen molar-refractivity contribution in [3.05, 3.63) is 53.4 Å². The molecule has 1 amide bonds. The van der Waals surface area contributed by atoms with Crippen LogP contribution < -0.4 is 11.1 Å². The Hall–Kier alpha value is -2.50. The van der Waals surface area contributed by atoms with Crippen molar-refractivity contribution in [3.63, 3.8) is 0 Å². The zero-order valence-corrected chi connectivity index (χ0v) is 10.1. The van der Waals surface area contributed by atoms with Crippen LogP contribution in [0.4, 0.5) is 20.2 Å². The zero-order chi connectivity index (χ0) is 14.0. The number of nitrogens with one attached hydrogen (secondary N) is 1. The second-order valence-electron chi connectivity index (χ2n) is 3.99. The van der Waals surface area contributed by atoms with Crippen molar-refractivity contribution in [1.82, 2.24) is 4.98 Å². The van der Waals surface area contributed by atoms with E-state index in [0.29, 0.717) is 11.4 Å². The largest absolute Gasteiger partial charge is 0.394 e. The number of halogens is 2. The molecule has 1 heterocycles. The number of hydrogen-bond donors (Lipinski definition) is 2. The molecule has 1 aromatic heterocycles. The lowest BCUT2D eigenvalue weighted by molar-refractivity contribution is 0.102. The Kier molecular flexibility index (Phi) is 3.41. The maximum absolute atomic E-state index is 13.2. The van der Waals surface area contributed by atoms with Gasteiger partial charge in [0.15, 0.2) is 0 Å². The average Bonchev–Trinajstić information content (AvgIpc) is 2.35. The Morgan fingerprint density at radius 1 is 1.26 bits per heavy atom. The maximum atomic E-state index is 13.2. The molecule has 0 aliphatic heterocycles. The average molecular weight is 263 g/mol. The van der Waals surface area contributed by atoms with Gasteiger partial charge in [0, 0.05) is 23.1 Å². The lowest BCUT2D eigenvalue weighted by atomic mass is 10.1. The highest BCUT2D eigenvalue weighted by Crippen LogP contribution is 2.18. The number of nitrogen functional groups attached to an aromatic ring is 1. The van der Waals surface area contributed by atoms with Gasteiger partial charge >= 0.3 is 0 Å². The van der Waals surface area contributed by atoms with Gasteiger partial charge in [0.25, 0.3) is 5.91 Å². The molecule has 0 bridgehead atoms. The molecule has 0 aliphatic carbocycles. The summed E-state index contributed by atoms with van der Waals surface area (Å²) in [6.45, 7) is 1.76. The van der Waals surface area contributed by atoms with Crippen LogP contribution in [0.5, 0.6) is 0 Å². The molecule has 3 N–H and O–H groups in total. The van der Waals surface area contributed by atoms with Crippen molar-refractivity contribution >= 4 is 17.3 Å². The molecule has 0 unspecified atom stereocenters. The van der Waals surface area contributed by atoms with Crippen LogP contribution in [0.15, 0.2) is 30.5 Å². The number of carbonyl (C=O) groups is 1. The van der Waals surface area contributed by atoms with E-state index in [4.69, 9.17) is 5.73 Å². The number of carbonyl (C=O) groups excluding carboxylic acids is 1. The molecule has 6 heteroatoms. The van der Waals surface area contributed by atoms with Crippen molar-refractivity contribution in [3.8, 4) is 0 Å². The molecular weight excluding hydrogens is 252 g/mol. The smallest absolute Gasteiger partial charge is 0.255 e. The molecule has 4 nitrogen and oxygen atoms in total. The molecule has 0 radical (unpaired) electrons. The first-order chi connectivity index (χ1) is 8.97. The Bertz CT molecular complexity index is 621. The molecule has 2 aromatic rings. The molecule has 0 atom stereocenters. The first kappa shape index (κ1) is 12.9. The normalized spacial score (nSPS) is 10.3. The van der Waals surface area contributed by atoms with Crippen LogP contribution in [-0.2, 0) is 0 Å². The molecule has 2 rings (SSSR count). The fourth-order valence-corrected chi connectivity index (χ4v) is 1.54. The monoisotopic (exact) mass is 263 g/mol. The number of aryl methyl sites for hydroxylation is 1. The second-order valence-corrected chi connectivity index (χ2v) is 3.99. The van der Waals surface area contributed by atoms with E-state index >= 15 is 0 Å². The SMILES string of the molecule is Cc1cc(NC(=O)c2cc(F)c(N)c(F)c2)ccn1. The fourth-order valence-electron chi connectivity index (χ4n) is 1.54. The fraction of sp³-hybridized carbons (Fsp3) is 0.0769. The van der Waals surface area contributed by atoms with Gasteiger partial charge in [-0.15, -0.1) is 0 Å². The van der Waals surface area contributed by atoms with Gasteiger partial charge in [-0.25, -0.2) is 8.78 Å². The highest BCUT2D eigenvalue weighted by Gasteiger charge is 2.13. The summed E-state index contributed by atoms with van der Waals surface area (Å²) in [6.07, 6.45) is 1.52. The number of anilines is 2. The second kappa shape index (κ2) is 5.01. The molecule has 0 fully saturated rings. The van der Waals surface area contributed by atoms with Crippen LogP contribution >= 0.6 is 0 Å². The summed E-state index contributed by atoms with van der Waals surface area (Å²) in [5.41, 5.74) is 5.60. The minimum absolute atomic E-state index is 0.140. The first-order valence-electron chi connectivity index (χ1n) is 5.46. The Morgan fingerprint density at radius 3 is 2.47 bits per heavy atom.